The third-order valence-corrected chi connectivity index (χ3v) is 4.08. The number of benzene rings is 1. The van der Waals surface area contributed by atoms with E-state index in [0.717, 1.165) is 0 Å². The van der Waals surface area contributed by atoms with E-state index < -0.39 is 0 Å². The summed E-state index contributed by atoms with van der Waals surface area (Å²) in [6.45, 7) is 8.13. The zero-order valence-corrected chi connectivity index (χ0v) is 14.8. The number of nitrogens with zero attached hydrogens (tertiary/aromatic N) is 5. The Labute approximate surface area is 146 Å². The number of rotatable bonds is 5. The lowest BCUT2D eigenvalue weighted by Gasteiger charge is -2.35. The van der Waals surface area contributed by atoms with Crippen molar-refractivity contribution in [1.29, 1.82) is 0 Å². The molecule has 1 saturated heterocycles. The second kappa shape index (κ2) is 7.60. The van der Waals surface area contributed by atoms with Gasteiger partial charge in [0.05, 0.1) is 12.2 Å². The fourth-order valence-electron chi connectivity index (χ4n) is 2.94. The average Bonchev–Trinajstić information content (AvgIpc) is 3.06. The molecule has 134 valence electrons. The van der Waals surface area contributed by atoms with Gasteiger partial charge in [0.2, 0.25) is 0 Å². The van der Waals surface area contributed by atoms with Crippen molar-refractivity contribution in [3.63, 3.8) is 0 Å². The minimum Gasteiger partial charge on any atom is -0.486 e. The lowest BCUT2D eigenvalue weighted by Crippen LogP contribution is -2.48. The molecule has 2 heterocycles. The van der Waals surface area contributed by atoms with E-state index in [0.29, 0.717) is 36.8 Å². The molecule has 3 rings (SSSR count). The molecular weight excluding hydrogens is 322 g/mol. The second-order valence-corrected chi connectivity index (χ2v) is 6.19. The lowest BCUT2D eigenvalue weighted by atomic mass is 10.1. The van der Waals surface area contributed by atoms with E-state index in [1.54, 1.807) is 28.9 Å². The summed E-state index contributed by atoms with van der Waals surface area (Å²) in [5, 5.41) is 11.4. The standard InChI is InChI=1S/C17H23N5O3/c1-4-22-16(18-19-20-22)11-24-15-7-5-14(6-8-15)17(23)21-9-12(2)25-13(3)10-21/h5-8,12-13H,4,9-11H2,1-3H3. The van der Waals surface area contributed by atoms with Gasteiger partial charge in [0.1, 0.15) is 12.4 Å². The van der Waals surface area contributed by atoms with Crippen LogP contribution in [-0.2, 0) is 17.9 Å². The van der Waals surface area contributed by atoms with Crippen LogP contribution in [-0.4, -0.2) is 56.3 Å². The molecule has 1 aromatic carbocycles. The molecule has 2 aromatic rings. The SMILES string of the molecule is CCn1nnnc1COc1ccc(C(=O)N2CC(C)OC(C)C2)cc1. The maximum atomic E-state index is 12.6. The topological polar surface area (TPSA) is 82.4 Å². The molecule has 0 saturated carbocycles. The summed E-state index contributed by atoms with van der Waals surface area (Å²) in [6, 6.07) is 7.15. The smallest absolute Gasteiger partial charge is 0.254 e. The first-order chi connectivity index (χ1) is 12.1. The van der Waals surface area contributed by atoms with Gasteiger partial charge in [0, 0.05) is 25.2 Å². The van der Waals surface area contributed by atoms with Gasteiger partial charge in [-0.3, -0.25) is 4.79 Å². The van der Waals surface area contributed by atoms with Crippen molar-refractivity contribution >= 4 is 5.91 Å². The molecule has 2 atom stereocenters. The zero-order valence-electron chi connectivity index (χ0n) is 14.8. The molecule has 1 aliphatic rings. The van der Waals surface area contributed by atoms with E-state index in [1.807, 2.05) is 25.7 Å². The lowest BCUT2D eigenvalue weighted by molar-refractivity contribution is -0.0586. The van der Waals surface area contributed by atoms with Crippen LogP contribution in [0.4, 0.5) is 0 Å². The van der Waals surface area contributed by atoms with E-state index in [1.165, 1.54) is 0 Å². The van der Waals surface area contributed by atoms with E-state index in [-0.39, 0.29) is 24.7 Å². The Morgan fingerprint density at radius 3 is 2.56 bits per heavy atom. The summed E-state index contributed by atoms with van der Waals surface area (Å²) in [5.41, 5.74) is 0.645. The van der Waals surface area contributed by atoms with E-state index in [9.17, 15) is 4.79 Å². The first kappa shape index (κ1) is 17.3. The Bertz CT molecular complexity index is 705. The number of aryl methyl sites for hydroxylation is 1. The molecule has 0 spiro atoms. The van der Waals surface area contributed by atoms with Gasteiger partial charge < -0.3 is 14.4 Å². The highest BCUT2D eigenvalue weighted by molar-refractivity contribution is 5.94. The Kier molecular flexibility index (Phi) is 5.28. The molecule has 0 radical (unpaired) electrons. The van der Waals surface area contributed by atoms with Gasteiger partial charge in [-0.25, -0.2) is 4.68 Å². The molecule has 8 nitrogen and oxygen atoms in total. The van der Waals surface area contributed by atoms with Gasteiger partial charge in [0.15, 0.2) is 5.82 Å². The highest BCUT2D eigenvalue weighted by Gasteiger charge is 2.26. The largest absolute Gasteiger partial charge is 0.486 e. The number of hydrogen-bond donors (Lipinski definition) is 0. The second-order valence-electron chi connectivity index (χ2n) is 6.19. The van der Waals surface area contributed by atoms with Crippen molar-refractivity contribution in [2.75, 3.05) is 13.1 Å². The molecule has 0 aliphatic carbocycles. The van der Waals surface area contributed by atoms with Gasteiger partial charge in [-0.1, -0.05) is 0 Å². The fourth-order valence-corrected chi connectivity index (χ4v) is 2.94. The van der Waals surface area contributed by atoms with Gasteiger partial charge in [0.25, 0.3) is 5.91 Å². The number of hydrogen-bond acceptors (Lipinski definition) is 6. The Morgan fingerprint density at radius 1 is 1.24 bits per heavy atom. The summed E-state index contributed by atoms with van der Waals surface area (Å²) in [4.78, 5) is 14.5. The van der Waals surface area contributed by atoms with Crippen LogP contribution in [0.25, 0.3) is 0 Å². The van der Waals surface area contributed by atoms with Crippen LogP contribution in [0.2, 0.25) is 0 Å². The Morgan fingerprint density at radius 2 is 1.92 bits per heavy atom. The number of ether oxygens (including phenoxy) is 2. The van der Waals surface area contributed by atoms with Crippen molar-refractivity contribution < 1.29 is 14.3 Å². The van der Waals surface area contributed by atoms with Crippen molar-refractivity contribution in [2.24, 2.45) is 0 Å². The first-order valence-corrected chi connectivity index (χ1v) is 8.49. The Hall–Kier alpha value is -2.48. The third-order valence-electron chi connectivity index (χ3n) is 4.08. The van der Waals surface area contributed by atoms with Gasteiger partial charge in [-0.05, 0) is 55.5 Å². The van der Waals surface area contributed by atoms with Gasteiger partial charge >= 0.3 is 0 Å². The van der Waals surface area contributed by atoms with Crippen LogP contribution in [0.15, 0.2) is 24.3 Å². The fraction of sp³-hybridized carbons (Fsp3) is 0.529. The number of aromatic nitrogens is 4. The Balaban J connectivity index is 1.61. The van der Waals surface area contributed by atoms with Crippen LogP contribution >= 0.6 is 0 Å². The molecule has 0 N–H and O–H groups in total. The minimum absolute atomic E-state index is 0.0171. The zero-order chi connectivity index (χ0) is 17.8. The average molecular weight is 345 g/mol. The molecule has 2 unspecified atom stereocenters. The molecule has 25 heavy (non-hydrogen) atoms. The quantitative estimate of drug-likeness (QED) is 0.817. The number of amides is 1. The minimum atomic E-state index is 0.0171. The van der Waals surface area contributed by atoms with E-state index >= 15 is 0 Å². The van der Waals surface area contributed by atoms with Crippen LogP contribution in [0, 0.1) is 0 Å². The molecule has 1 aliphatic heterocycles. The van der Waals surface area contributed by atoms with Crippen molar-refractivity contribution in [2.45, 2.75) is 46.1 Å². The predicted molar refractivity (Wildman–Crippen MR) is 90.2 cm³/mol. The van der Waals surface area contributed by atoms with Gasteiger partial charge in [-0.15, -0.1) is 5.10 Å². The molecule has 1 aromatic heterocycles. The van der Waals surface area contributed by atoms with Crippen LogP contribution in [0.5, 0.6) is 5.75 Å². The monoisotopic (exact) mass is 345 g/mol. The molecule has 1 fully saturated rings. The van der Waals surface area contributed by atoms with Crippen LogP contribution in [0.1, 0.15) is 37.0 Å². The molecule has 8 heteroatoms. The third kappa shape index (κ3) is 4.14. The highest BCUT2D eigenvalue weighted by Crippen LogP contribution is 2.18. The van der Waals surface area contributed by atoms with Crippen LogP contribution in [0.3, 0.4) is 0 Å². The number of carbonyl (C=O) groups excluding carboxylic acids is 1. The van der Waals surface area contributed by atoms with E-state index in [2.05, 4.69) is 15.5 Å². The van der Waals surface area contributed by atoms with Crippen molar-refractivity contribution in [1.82, 2.24) is 25.1 Å². The summed E-state index contributed by atoms with van der Waals surface area (Å²) < 4.78 is 13.1. The summed E-state index contributed by atoms with van der Waals surface area (Å²) >= 11 is 0. The highest BCUT2D eigenvalue weighted by atomic mass is 16.5. The summed E-state index contributed by atoms with van der Waals surface area (Å²) in [6.07, 6.45) is 0.111. The number of carbonyl (C=O) groups is 1. The summed E-state index contributed by atoms with van der Waals surface area (Å²) in [7, 11) is 0. The predicted octanol–water partition coefficient (Wildman–Crippen LogP) is 1.52. The first-order valence-electron chi connectivity index (χ1n) is 8.49. The van der Waals surface area contributed by atoms with Crippen LogP contribution < -0.4 is 4.74 Å². The summed E-state index contributed by atoms with van der Waals surface area (Å²) in [5.74, 6) is 1.35. The maximum Gasteiger partial charge on any atom is 0.254 e. The number of tetrazole rings is 1. The normalized spacial score (nSPS) is 20.5. The van der Waals surface area contributed by atoms with Crippen molar-refractivity contribution in [3.05, 3.63) is 35.7 Å². The molecule has 0 bridgehead atoms. The number of morpholine rings is 1. The van der Waals surface area contributed by atoms with Gasteiger partial charge in [-0.2, -0.15) is 0 Å². The molecular formula is C17H23N5O3. The molecule has 1 amide bonds. The van der Waals surface area contributed by atoms with E-state index in [4.69, 9.17) is 9.47 Å². The maximum absolute atomic E-state index is 12.6. The van der Waals surface area contributed by atoms with Crippen molar-refractivity contribution in [3.8, 4) is 5.75 Å².